The van der Waals surface area contributed by atoms with Gasteiger partial charge in [0.05, 0.1) is 6.42 Å². The lowest BCUT2D eigenvalue weighted by Gasteiger charge is -2.33. The monoisotopic (exact) mass is 523 g/mol. The average molecular weight is 524 g/mol. The third-order valence-corrected chi connectivity index (χ3v) is 7.51. The third-order valence-electron chi connectivity index (χ3n) is 5.75. The standard InChI is InChI=1S/C28H26ClNO5S/c29-26-18-28(35-24-9-5-2-6-10-24,16-15-25(26)23-7-3-1-4-8-23)20-36(33,34)30-19-22-13-11-21(12-14-22)17-27(31)32/h1-16,18,25,30H,17,19-20H2,(H,31,32). The molecule has 1 aliphatic rings. The minimum Gasteiger partial charge on any atom is -0.481 e. The fourth-order valence-electron chi connectivity index (χ4n) is 4.03. The molecule has 0 aromatic heterocycles. The van der Waals surface area contributed by atoms with Crippen LogP contribution >= 0.6 is 11.6 Å². The van der Waals surface area contributed by atoms with E-state index in [0.717, 1.165) is 5.56 Å². The van der Waals surface area contributed by atoms with E-state index < -0.39 is 21.6 Å². The first-order chi connectivity index (χ1) is 17.2. The quantitative estimate of drug-likeness (QED) is 0.364. The maximum Gasteiger partial charge on any atom is 0.307 e. The zero-order valence-electron chi connectivity index (χ0n) is 19.4. The van der Waals surface area contributed by atoms with E-state index >= 15 is 0 Å². The molecule has 1 aliphatic carbocycles. The average Bonchev–Trinajstić information content (AvgIpc) is 2.84. The number of rotatable bonds is 10. The highest BCUT2D eigenvalue weighted by molar-refractivity contribution is 7.89. The summed E-state index contributed by atoms with van der Waals surface area (Å²) in [7, 11) is -3.82. The van der Waals surface area contributed by atoms with Gasteiger partial charge in [0, 0.05) is 17.5 Å². The van der Waals surface area contributed by atoms with Crippen molar-refractivity contribution in [3.8, 4) is 5.75 Å². The van der Waals surface area contributed by atoms with Gasteiger partial charge < -0.3 is 9.84 Å². The summed E-state index contributed by atoms with van der Waals surface area (Å²) in [6, 6.07) is 25.5. The van der Waals surface area contributed by atoms with E-state index in [2.05, 4.69) is 4.72 Å². The van der Waals surface area contributed by atoms with Crippen LogP contribution in [-0.2, 0) is 27.8 Å². The first-order valence-electron chi connectivity index (χ1n) is 11.4. The van der Waals surface area contributed by atoms with E-state index in [9.17, 15) is 13.2 Å². The fraction of sp³-hybridized carbons (Fsp3) is 0.179. The molecule has 186 valence electrons. The van der Waals surface area contributed by atoms with Gasteiger partial charge in [0.1, 0.15) is 11.5 Å². The van der Waals surface area contributed by atoms with Crippen molar-refractivity contribution in [1.82, 2.24) is 4.72 Å². The lowest BCUT2D eigenvalue weighted by atomic mass is 9.88. The molecule has 2 atom stereocenters. The molecule has 0 spiro atoms. The number of ether oxygens (including phenoxy) is 1. The molecule has 6 nitrogen and oxygen atoms in total. The minimum atomic E-state index is -3.82. The molecule has 36 heavy (non-hydrogen) atoms. The SMILES string of the molecule is O=C(O)Cc1ccc(CNS(=O)(=O)CC2(Oc3ccccc3)C=CC(c3ccccc3)C(Cl)=C2)cc1. The van der Waals surface area contributed by atoms with E-state index in [-0.39, 0.29) is 24.6 Å². The highest BCUT2D eigenvalue weighted by atomic mass is 35.5. The van der Waals surface area contributed by atoms with E-state index in [0.29, 0.717) is 21.9 Å². The first-order valence-corrected chi connectivity index (χ1v) is 13.4. The van der Waals surface area contributed by atoms with Crippen LogP contribution < -0.4 is 9.46 Å². The summed E-state index contributed by atoms with van der Waals surface area (Å²) in [5.74, 6) is -0.972. The number of halogens is 1. The van der Waals surface area contributed by atoms with Gasteiger partial charge in [-0.05, 0) is 41.0 Å². The smallest absolute Gasteiger partial charge is 0.307 e. The summed E-state index contributed by atoms with van der Waals surface area (Å²) in [5.41, 5.74) is 1.05. The van der Waals surface area contributed by atoms with Gasteiger partial charge >= 0.3 is 5.97 Å². The second kappa shape index (κ2) is 11.1. The Labute approximate surface area is 215 Å². The summed E-state index contributed by atoms with van der Waals surface area (Å²) >= 11 is 6.69. The highest BCUT2D eigenvalue weighted by Gasteiger charge is 2.37. The number of nitrogens with one attached hydrogen (secondary N) is 1. The molecule has 0 amide bonds. The summed E-state index contributed by atoms with van der Waals surface area (Å²) < 4.78 is 35.2. The van der Waals surface area contributed by atoms with Gasteiger partial charge in [-0.2, -0.15) is 0 Å². The fourth-order valence-corrected chi connectivity index (χ4v) is 5.74. The van der Waals surface area contributed by atoms with Gasteiger partial charge in [-0.15, -0.1) is 0 Å². The molecule has 0 bridgehead atoms. The Morgan fingerprint density at radius 2 is 1.56 bits per heavy atom. The van der Waals surface area contributed by atoms with Gasteiger partial charge in [-0.25, -0.2) is 13.1 Å². The molecule has 0 heterocycles. The van der Waals surface area contributed by atoms with Crippen molar-refractivity contribution in [2.45, 2.75) is 24.5 Å². The lowest BCUT2D eigenvalue weighted by Crippen LogP contribution is -2.44. The summed E-state index contributed by atoms with van der Waals surface area (Å²) in [6.45, 7) is 0.0604. The number of hydrogen-bond acceptors (Lipinski definition) is 4. The number of carboxylic acids is 1. The van der Waals surface area contributed by atoms with Crippen LogP contribution in [0.15, 0.2) is 108 Å². The molecular formula is C28H26ClNO5S. The van der Waals surface area contributed by atoms with Crippen molar-refractivity contribution in [2.24, 2.45) is 0 Å². The van der Waals surface area contributed by atoms with Crippen LogP contribution in [0.2, 0.25) is 0 Å². The molecule has 0 saturated carbocycles. The van der Waals surface area contributed by atoms with Gasteiger partial charge in [0.2, 0.25) is 10.0 Å². The second-order valence-electron chi connectivity index (χ2n) is 8.61. The molecule has 2 unspecified atom stereocenters. The normalized spacial score (nSPS) is 19.5. The molecule has 0 aliphatic heterocycles. The summed E-state index contributed by atoms with van der Waals surface area (Å²) in [5, 5.41) is 9.38. The Morgan fingerprint density at radius 1 is 0.944 bits per heavy atom. The van der Waals surface area contributed by atoms with Crippen molar-refractivity contribution in [2.75, 3.05) is 5.75 Å². The van der Waals surface area contributed by atoms with E-state index in [4.69, 9.17) is 21.4 Å². The molecular weight excluding hydrogens is 498 g/mol. The Hall–Kier alpha value is -3.39. The van der Waals surface area contributed by atoms with Crippen molar-refractivity contribution in [3.63, 3.8) is 0 Å². The van der Waals surface area contributed by atoms with Gasteiger partial charge in [0.25, 0.3) is 0 Å². The number of aliphatic carboxylic acids is 1. The van der Waals surface area contributed by atoms with Gasteiger partial charge in [-0.3, -0.25) is 4.79 Å². The zero-order valence-corrected chi connectivity index (χ0v) is 21.0. The Morgan fingerprint density at radius 3 is 2.17 bits per heavy atom. The number of carbonyl (C=O) groups is 1. The van der Waals surface area contributed by atoms with Crippen molar-refractivity contribution < 1.29 is 23.1 Å². The Balaban J connectivity index is 1.54. The van der Waals surface area contributed by atoms with Crippen LogP contribution in [0.3, 0.4) is 0 Å². The third kappa shape index (κ3) is 6.85. The van der Waals surface area contributed by atoms with E-state index in [1.165, 1.54) is 0 Å². The number of para-hydroxylation sites is 1. The highest BCUT2D eigenvalue weighted by Crippen LogP contribution is 2.37. The molecule has 3 aromatic carbocycles. The molecule has 0 radical (unpaired) electrons. The number of hydrogen-bond donors (Lipinski definition) is 2. The predicted octanol–water partition coefficient (Wildman–Crippen LogP) is 5.03. The Bertz CT molecular complexity index is 1360. The number of carboxylic acid groups (broad SMARTS) is 1. The minimum absolute atomic E-state index is 0.0604. The molecule has 2 N–H and O–H groups in total. The van der Waals surface area contributed by atoms with E-state index in [1.54, 1.807) is 48.6 Å². The van der Waals surface area contributed by atoms with Crippen LogP contribution in [0, 0.1) is 0 Å². The van der Waals surface area contributed by atoms with Crippen LogP contribution in [0.25, 0.3) is 0 Å². The molecule has 4 rings (SSSR count). The van der Waals surface area contributed by atoms with Gasteiger partial charge in [-0.1, -0.05) is 90.5 Å². The maximum absolute atomic E-state index is 13.2. The maximum atomic E-state index is 13.2. The number of sulfonamides is 1. The van der Waals surface area contributed by atoms with Crippen LogP contribution in [0.1, 0.15) is 22.6 Å². The molecule has 8 heteroatoms. The summed E-state index contributed by atoms with van der Waals surface area (Å²) in [6.07, 6.45) is 5.20. The van der Waals surface area contributed by atoms with E-state index in [1.807, 2.05) is 54.6 Å². The Kier molecular flexibility index (Phi) is 7.94. The van der Waals surface area contributed by atoms with Crippen molar-refractivity contribution >= 4 is 27.6 Å². The predicted molar refractivity (Wildman–Crippen MR) is 140 cm³/mol. The number of allylic oxidation sites excluding steroid dienone is 2. The van der Waals surface area contributed by atoms with Crippen LogP contribution in [0.4, 0.5) is 0 Å². The van der Waals surface area contributed by atoms with Crippen LogP contribution in [0.5, 0.6) is 5.75 Å². The van der Waals surface area contributed by atoms with Crippen molar-refractivity contribution in [3.05, 3.63) is 125 Å². The van der Waals surface area contributed by atoms with Gasteiger partial charge in [0.15, 0.2) is 5.60 Å². The molecule has 0 saturated heterocycles. The largest absolute Gasteiger partial charge is 0.481 e. The second-order valence-corrected chi connectivity index (χ2v) is 10.9. The lowest BCUT2D eigenvalue weighted by molar-refractivity contribution is -0.136. The van der Waals surface area contributed by atoms with Crippen LogP contribution in [-0.4, -0.2) is 30.8 Å². The first kappa shape index (κ1) is 25.7. The zero-order chi connectivity index (χ0) is 25.6. The number of benzene rings is 3. The van der Waals surface area contributed by atoms with Crippen molar-refractivity contribution in [1.29, 1.82) is 0 Å². The molecule has 3 aromatic rings. The summed E-state index contributed by atoms with van der Waals surface area (Å²) in [4.78, 5) is 10.9. The molecule has 0 fully saturated rings. The topological polar surface area (TPSA) is 92.7 Å².